The number of ether oxygens (including phenoxy) is 1. The molecule has 1 heterocycles. The van der Waals surface area contributed by atoms with Crippen molar-refractivity contribution < 1.29 is 9.13 Å². The summed E-state index contributed by atoms with van der Waals surface area (Å²) in [5, 5.41) is 3.34. The molecule has 3 nitrogen and oxygen atoms in total. The zero-order valence-electron chi connectivity index (χ0n) is 11.1. The summed E-state index contributed by atoms with van der Waals surface area (Å²) in [6.45, 7) is 6.46. The number of hydrogen-bond acceptors (Lipinski definition) is 3. The molecule has 0 amide bonds. The summed E-state index contributed by atoms with van der Waals surface area (Å²) in [4.78, 5) is 0. The summed E-state index contributed by atoms with van der Waals surface area (Å²) in [5.41, 5.74) is 7.95. The van der Waals surface area contributed by atoms with Crippen molar-refractivity contribution in [2.24, 2.45) is 5.41 Å². The van der Waals surface area contributed by atoms with E-state index in [0.29, 0.717) is 11.3 Å². The highest BCUT2D eigenvalue weighted by Gasteiger charge is 2.27. The van der Waals surface area contributed by atoms with Gasteiger partial charge in [0.15, 0.2) is 0 Å². The summed E-state index contributed by atoms with van der Waals surface area (Å²) < 4.78 is 18.7. The van der Waals surface area contributed by atoms with Crippen LogP contribution in [0.5, 0.6) is 0 Å². The molecule has 0 atom stereocenters. The highest BCUT2D eigenvalue weighted by molar-refractivity contribution is 5.67. The number of halogens is 1. The van der Waals surface area contributed by atoms with Gasteiger partial charge >= 0.3 is 0 Å². The summed E-state index contributed by atoms with van der Waals surface area (Å²) in [6.07, 6.45) is 2.08. The standard InChI is InChI=1S/C14H21FN2O/c1-10-7-13(12(16)8-11(10)15)17-9-14(2)3-5-18-6-4-14/h7-8,17H,3-6,9,16H2,1-2H3. The summed E-state index contributed by atoms with van der Waals surface area (Å²) in [5.74, 6) is -0.254. The summed E-state index contributed by atoms with van der Waals surface area (Å²) in [6, 6.07) is 3.15. The van der Waals surface area contributed by atoms with Gasteiger partial charge in [-0.05, 0) is 42.9 Å². The third kappa shape index (κ3) is 2.93. The lowest BCUT2D eigenvalue weighted by Gasteiger charge is -2.34. The van der Waals surface area contributed by atoms with Gasteiger partial charge in [-0.1, -0.05) is 6.92 Å². The number of anilines is 2. The summed E-state index contributed by atoms with van der Waals surface area (Å²) in [7, 11) is 0. The highest BCUT2D eigenvalue weighted by Crippen LogP contribution is 2.31. The molecule has 2 rings (SSSR count). The predicted molar refractivity (Wildman–Crippen MR) is 72.2 cm³/mol. The van der Waals surface area contributed by atoms with Crippen molar-refractivity contribution in [2.45, 2.75) is 26.7 Å². The second kappa shape index (κ2) is 5.14. The fourth-order valence-corrected chi connectivity index (χ4v) is 2.20. The second-order valence-corrected chi connectivity index (χ2v) is 5.47. The molecule has 0 spiro atoms. The van der Waals surface area contributed by atoms with Crippen LogP contribution in [0.1, 0.15) is 25.3 Å². The molecule has 4 heteroatoms. The Kier molecular flexibility index (Phi) is 3.76. The number of aryl methyl sites for hydroxylation is 1. The van der Waals surface area contributed by atoms with Crippen LogP contribution in [0, 0.1) is 18.2 Å². The fourth-order valence-electron chi connectivity index (χ4n) is 2.20. The van der Waals surface area contributed by atoms with Gasteiger partial charge in [0.25, 0.3) is 0 Å². The van der Waals surface area contributed by atoms with E-state index in [2.05, 4.69) is 12.2 Å². The normalized spacial score (nSPS) is 18.6. The maximum atomic E-state index is 13.3. The molecule has 1 aliphatic rings. The monoisotopic (exact) mass is 252 g/mol. The fraction of sp³-hybridized carbons (Fsp3) is 0.571. The number of hydrogen-bond donors (Lipinski definition) is 2. The molecule has 1 fully saturated rings. The number of nitrogen functional groups attached to an aromatic ring is 1. The zero-order valence-corrected chi connectivity index (χ0v) is 11.1. The Balaban J connectivity index is 2.03. The number of benzene rings is 1. The van der Waals surface area contributed by atoms with E-state index in [1.165, 1.54) is 6.07 Å². The average molecular weight is 252 g/mol. The smallest absolute Gasteiger partial charge is 0.128 e. The summed E-state index contributed by atoms with van der Waals surface area (Å²) >= 11 is 0. The maximum Gasteiger partial charge on any atom is 0.128 e. The minimum Gasteiger partial charge on any atom is -0.397 e. The minimum absolute atomic E-state index is 0.229. The van der Waals surface area contributed by atoms with Crippen LogP contribution in [0.3, 0.4) is 0 Å². The highest BCUT2D eigenvalue weighted by atomic mass is 19.1. The molecular weight excluding hydrogens is 231 g/mol. The van der Waals surface area contributed by atoms with Gasteiger partial charge in [-0.3, -0.25) is 0 Å². The van der Waals surface area contributed by atoms with Crippen LogP contribution in [0.15, 0.2) is 12.1 Å². The van der Waals surface area contributed by atoms with E-state index in [-0.39, 0.29) is 11.2 Å². The van der Waals surface area contributed by atoms with Crippen molar-refractivity contribution in [3.05, 3.63) is 23.5 Å². The van der Waals surface area contributed by atoms with Gasteiger partial charge in [0.1, 0.15) is 5.82 Å². The molecule has 0 aliphatic carbocycles. The van der Waals surface area contributed by atoms with E-state index < -0.39 is 0 Å². The van der Waals surface area contributed by atoms with Crippen LogP contribution in [0.25, 0.3) is 0 Å². The number of nitrogens with one attached hydrogen (secondary N) is 1. The topological polar surface area (TPSA) is 47.3 Å². The van der Waals surface area contributed by atoms with E-state index in [9.17, 15) is 4.39 Å². The van der Waals surface area contributed by atoms with Gasteiger partial charge in [-0.15, -0.1) is 0 Å². The third-order valence-corrected chi connectivity index (χ3v) is 3.74. The lowest BCUT2D eigenvalue weighted by Crippen LogP contribution is -2.33. The molecule has 0 aromatic heterocycles. The first-order valence-corrected chi connectivity index (χ1v) is 6.37. The van der Waals surface area contributed by atoms with Gasteiger partial charge in [0, 0.05) is 19.8 Å². The van der Waals surface area contributed by atoms with E-state index in [4.69, 9.17) is 10.5 Å². The van der Waals surface area contributed by atoms with Crippen LogP contribution in [0.4, 0.5) is 15.8 Å². The molecule has 100 valence electrons. The van der Waals surface area contributed by atoms with E-state index in [1.807, 2.05) is 0 Å². The SMILES string of the molecule is Cc1cc(NCC2(C)CCOCC2)c(N)cc1F. The van der Waals surface area contributed by atoms with Crippen LogP contribution < -0.4 is 11.1 Å². The molecule has 1 saturated heterocycles. The van der Waals surface area contributed by atoms with Gasteiger partial charge < -0.3 is 15.8 Å². The third-order valence-electron chi connectivity index (χ3n) is 3.74. The van der Waals surface area contributed by atoms with E-state index >= 15 is 0 Å². The molecule has 1 aliphatic heterocycles. The Morgan fingerprint density at radius 2 is 2.06 bits per heavy atom. The number of nitrogens with two attached hydrogens (primary N) is 1. The lowest BCUT2D eigenvalue weighted by molar-refractivity contribution is 0.0300. The Morgan fingerprint density at radius 1 is 1.39 bits per heavy atom. The average Bonchev–Trinajstić information content (AvgIpc) is 2.33. The van der Waals surface area contributed by atoms with Crippen molar-refractivity contribution in [3.63, 3.8) is 0 Å². The molecule has 1 aromatic carbocycles. The molecule has 0 unspecified atom stereocenters. The Hall–Kier alpha value is -1.29. The molecule has 1 aromatic rings. The van der Waals surface area contributed by atoms with Crippen molar-refractivity contribution in [1.82, 2.24) is 0 Å². The predicted octanol–water partition coefficient (Wildman–Crippen LogP) is 2.94. The number of rotatable bonds is 3. The van der Waals surface area contributed by atoms with Crippen LogP contribution in [-0.4, -0.2) is 19.8 Å². The molecule has 18 heavy (non-hydrogen) atoms. The van der Waals surface area contributed by atoms with Gasteiger partial charge in [-0.2, -0.15) is 0 Å². The van der Waals surface area contributed by atoms with Crippen molar-refractivity contribution >= 4 is 11.4 Å². The molecule has 0 saturated carbocycles. The van der Waals surface area contributed by atoms with Crippen molar-refractivity contribution in [3.8, 4) is 0 Å². The first-order chi connectivity index (χ1) is 8.50. The first kappa shape index (κ1) is 13.1. The van der Waals surface area contributed by atoms with Crippen LogP contribution in [-0.2, 0) is 4.74 Å². The van der Waals surface area contributed by atoms with E-state index in [0.717, 1.165) is 38.3 Å². The Morgan fingerprint density at radius 3 is 2.72 bits per heavy atom. The maximum absolute atomic E-state index is 13.3. The van der Waals surface area contributed by atoms with Gasteiger partial charge in [0.05, 0.1) is 11.4 Å². The largest absolute Gasteiger partial charge is 0.397 e. The molecular formula is C14H21FN2O. The Bertz CT molecular complexity index is 428. The van der Waals surface area contributed by atoms with Gasteiger partial charge in [-0.25, -0.2) is 4.39 Å². The molecule has 0 bridgehead atoms. The Labute approximate surface area is 108 Å². The van der Waals surface area contributed by atoms with Crippen LogP contribution >= 0.6 is 0 Å². The minimum atomic E-state index is -0.254. The van der Waals surface area contributed by atoms with Gasteiger partial charge in [0.2, 0.25) is 0 Å². The quantitative estimate of drug-likeness (QED) is 0.813. The zero-order chi connectivity index (χ0) is 13.2. The van der Waals surface area contributed by atoms with Crippen LogP contribution in [0.2, 0.25) is 0 Å². The molecule has 0 radical (unpaired) electrons. The first-order valence-electron chi connectivity index (χ1n) is 6.37. The van der Waals surface area contributed by atoms with Crippen molar-refractivity contribution in [1.29, 1.82) is 0 Å². The molecule has 3 N–H and O–H groups in total. The van der Waals surface area contributed by atoms with E-state index in [1.54, 1.807) is 13.0 Å². The van der Waals surface area contributed by atoms with Crippen molar-refractivity contribution in [2.75, 3.05) is 30.8 Å². The second-order valence-electron chi connectivity index (χ2n) is 5.47. The lowest BCUT2D eigenvalue weighted by atomic mass is 9.82.